The van der Waals surface area contributed by atoms with E-state index in [2.05, 4.69) is 45.2 Å². The van der Waals surface area contributed by atoms with E-state index in [9.17, 15) is 40.6 Å². The first-order valence-electron chi connectivity index (χ1n) is 37.1. The van der Waals surface area contributed by atoms with E-state index < -0.39 is 107 Å². The van der Waals surface area contributed by atoms with Crippen LogP contribution in [0, 0.1) is 0 Å². The predicted octanol–water partition coefficient (Wildman–Crippen LogP) is 15.8. The van der Waals surface area contributed by atoms with Crippen LogP contribution in [0.5, 0.6) is 0 Å². The van der Waals surface area contributed by atoms with Crippen molar-refractivity contribution in [2.75, 3.05) is 47.2 Å². The van der Waals surface area contributed by atoms with Crippen LogP contribution in [0.4, 0.5) is 0 Å². The van der Waals surface area contributed by atoms with Crippen LogP contribution in [-0.2, 0) is 56.6 Å². The predicted molar refractivity (Wildman–Crippen MR) is 354 cm³/mol. The van der Waals surface area contributed by atoms with Crippen LogP contribution < -0.4 is 5.32 Å². The zero-order valence-electron chi connectivity index (χ0n) is 58.9. The Morgan fingerprint density at radius 3 is 1.57 bits per heavy atom. The molecule has 0 aromatic rings. The molecule has 6 N–H and O–H groups in total. The van der Waals surface area contributed by atoms with E-state index in [0.29, 0.717) is 25.7 Å². The Bertz CT molecular complexity index is 1830. The van der Waals surface area contributed by atoms with E-state index in [0.717, 1.165) is 141 Å². The Kier molecular flexibility index (Phi) is 49.0. The fourth-order valence-corrected chi connectivity index (χ4v) is 12.7. The fraction of sp³-hybridized carbons (Fsp3) is 0.943. The van der Waals surface area contributed by atoms with Crippen LogP contribution in [-0.4, -0.2) is 151 Å². The molecule has 2 aliphatic rings. The maximum absolute atomic E-state index is 14.2. The molecule has 18 nitrogen and oxygen atoms in total. The Morgan fingerprint density at radius 1 is 0.584 bits per heavy atom. The number of carboxylic acids is 1. The third-order valence-electron chi connectivity index (χ3n) is 17.5. The quantitative estimate of drug-likeness (QED) is 0.0188. The van der Waals surface area contributed by atoms with Crippen molar-refractivity contribution >= 4 is 19.7 Å². The molecule has 2 heterocycles. The summed E-state index contributed by atoms with van der Waals surface area (Å²) < 4.78 is 86.5. The third kappa shape index (κ3) is 39.8. The molecule has 0 aromatic carbocycles. The van der Waals surface area contributed by atoms with Crippen molar-refractivity contribution in [3.63, 3.8) is 0 Å². The monoisotopic (exact) mass is 1290 g/mol. The number of phosphoric ester groups is 1. The number of carbonyl (C=O) groups is 2. The van der Waals surface area contributed by atoms with Crippen molar-refractivity contribution in [2.24, 2.45) is 0 Å². The standard InChI is InChI=1S/C70H134NO17P/c1-7-11-15-19-23-26-29-30-31-32-33-34-38-42-46-50-61(72)71-63-66(82-54-51-58(81-6)49-45-41-37-22-18-14-10-4)65(88-89(77,78)79)60(55-80-5)86-68(63)84-56-59-64(75)67(83-53-48-44-40-36-28-25-21-17-13-9-3)70(76,69(87-59)85-57-62(73)74)52-47-43-39-35-27-24-20-16-12-8-2/h26,29,58-60,63-69,75-76H,7-25,27-28,30-57H2,1-6H3,(H,71,72)(H,73,74)(H2,77,78,79)/b29-26-/t58-,59-,60-,63-,64-,65-,66-,67+,68-,69?,70-/m1/s1/i52D,53D/t52?,53?,58-,59-,60-,63-,64-,65-,66-,67+,68-,69?,70-. The van der Waals surface area contributed by atoms with Crippen molar-refractivity contribution in [1.29, 1.82) is 0 Å². The third-order valence-corrected chi connectivity index (χ3v) is 18.0. The van der Waals surface area contributed by atoms with Gasteiger partial charge in [-0.3, -0.25) is 9.32 Å². The van der Waals surface area contributed by atoms with Crippen molar-refractivity contribution in [1.82, 2.24) is 5.32 Å². The second-order valence-electron chi connectivity index (χ2n) is 25.5. The highest BCUT2D eigenvalue weighted by molar-refractivity contribution is 7.46. The number of unbranched alkanes of at least 4 members (excludes halogenated alkanes) is 33. The second-order valence-corrected chi connectivity index (χ2v) is 26.7. The lowest BCUT2D eigenvalue weighted by atomic mass is 9.82. The molecule has 526 valence electrons. The summed E-state index contributed by atoms with van der Waals surface area (Å²) in [6.45, 7) is 5.80. The molecule has 0 bridgehead atoms. The summed E-state index contributed by atoms with van der Waals surface area (Å²) in [5.41, 5.74) is -2.46. The van der Waals surface area contributed by atoms with E-state index >= 15 is 0 Å². The molecule has 13 atom stereocenters. The zero-order valence-corrected chi connectivity index (χ0v) is 57.8. The molecule has 1 amide bonds. The highest BCUT2D eigenvalue weighted by Crippen LogP contribution is 2.43. The first kappa shape index (κ1) is 79.8. The van der Waals surface area contributed by atoms with Crippen molar-refractivity contribution in [3.8, 4) is 0 Å². The van der Waals surface area contributed by atoms with E-state index in [1.807, 2.05) is 0 Å². The number of aliphatic carboxylic acids is 1. The second kappa shape index (κ2) is 54.6. The number of allylic oxidation sites excluding steroid dienone is 2. The molecule has 0 aromatic heterocycles. The number of carboxylic acid groups (broad SMARTS) is 1. The van der Waals surface area contributed by atoms with Crippen molar-refractivity contribution in [2.45, 2.75) is 377 Å². The lowest BCUT2D eigenvalue weighted by Gasteiger charge is -2.50. The highest BCUT2D eigenvalue weighted by atomic mass is 31.2. The molecule has 0 radical (unpaired) electrons. The average molecular weight is 1290 g/mol. The molecule has 19 heteroatoms. The zero-order chi connectivity index (χ0) is 66.8. The molecule has 3 unspecified atom stereocenters. The maximum Gasteiger partial charge on any atom is 0.470 e. The van der Waals surface area contributed by atoms with Gasteiger partial charge in [0.05, 0.1) is 20.7 Å². The molecule has 0 saturated carbocycles. The minimum absolute atomic E-state index is 0.0279. The summed E-state index contributed by atoms with van der Waals surface area (Å²) >= 11 is 0. The Labute approximate surface area is 543 Å². The molecule has 2 saturated heterocycles. The summed E-state index contributed by atoms with van der Waals surface area (Å²) in [6.07, 6.45) is 32.8. The van der Waals surface area contributed by atoms with Gasteiger partial charge in [-0.1, -0.05) is 258 Å². The van der Waals surface area contributed by atoms with Crippen LogP contribution in [0.2, 0.25) is 0 Å². The summed E-state index contributed by atoms with van der Waals surface area (Å²) in [6, 6.07) is -1.29. The van der Waals surface area contributed by atoms with Gasteiger partial charge in [0, 0.05) is 35.2 Å². The van der Waals surface area contributed by atoms with Gasteiger partial charge in [0.15, 0.2) is 12.6 Å². The smallest absolute Gasteiger partial charge is 0.470 e. The number of methoxy groups -OCH3 is 2. The molecule has 2 aliphatic heterocycles. The van der Waals surface area contributed by atoms with Crippen LogP contribution in [0.3, 0.4) is 0 Å². The summed E-state index contributed by atoms with van der Waals surface area (Å²) in [5, 5.41) is 38.3. The van der Waals surface area contributed by atoms with Gasteiger partial charge in [0.1, 0.15) is 54.9 Å². The van der Waals surface area contributed by atoms with E-state index in [4.69, 9.17) is 43.8 Å². The van der Waals surface area contributed by atoms with Crippen LogP contribution in [0.1, 0.15) is 313 Å². The number of hydrogen-bond donors (Lipinski definition) is 6. The first-order valence-corrected chi connectivity index (χ1v) is 37.5. The summed E-state index contributed by atoms with van der Waals surface area (Å²) in [4.78, 5) is 47.2. The van der Waals surface area contributed by atoms with Gasteiger partial charge in [-0.05, 0) is 57.8 Å². The summed E-state index contributed by atoms with van der Waals surface area (Å²) in [5.74, 6) is -1.78. The average Bonchev–Trinajstić information content (AvgIpc) is 0.802. The van der Waals surface area contributed by atoms with Gasteiger partial charge in [0.25, 0.3) is 0 Å². The van der Waals surface area contributed by atoms with Crippen molar-refractivity contribution in [3.05, 3.63) is 12.2 Å². The minimum atomic E-state index is -5.26. The highest BCUT2D eigenvalue weighted by Gasteiger charge is 2.57. The van der Waals surface area contributed by atoms with Gasteiger partial charge in [0.2, 0.25) is 5.91 Å². The normalized spacial score (nSPS) is 24.6. The minimum Gasteiger partial charge on any atom is -0.480 e. The molecular weight excluding hydrogens is 1160 g/mol. The summed E-state index contributed by atoms with van der Waals surface area (Å²) in [7, 11) is -2.24. The van der Waals surface area contributed by atoms with Crippen LogP contribution in [0.25, 0.3) is 0 Å². The number of carbonyl (C=O) groups excluding carboxylic acids is 1. The molecule has 2 rings (SSSR count). The Balaban J connectivity index is 2.51. The molecule has 89 heavy (non-hydrogen) atoms. The molecule has 0 spiro atoms. The number of hydrogen-bond acceptors (Lipinski definition) is 14. The van der Waals surface area contributed by atoms with Gasteiger partial charge in [-0.25, -0.2) is 9.36 Å². The van der Waals surface area contributed by atoms with Gasteiger partial charge in [-0.2, -0.15) is 0 Å². The number of rotatable bonds is 62. The number of phosphoric acid groups is 1. The first-order chi connectivity index (χ1) is 44.0. The number of nitrogens with one attached hydrogen (secondary N) is 1. The number of amides is 1. The van der Waals surface area contributed by atoms with Gasteiger partial charge in [-0.15, -0.1) is 0 Å². The molecule has 0 aliphatic carbocycles. The molecular formula is C70H134NO17P. The lowest BCUT2D eigenvalue weighted by Crippen LogP contribution is -2.69. The Morgan fingerprint density at radius 2 is 1.07 bits per heavy atom. The molecule has 2 fully saturated rings. The number of aliphatic hydroxyl groups excluding tert-OH is 1. The van der Waals surface area contributed by atoms with E-state index in [-0.39, 0.29) is 38.6 Å². The SMILES string of the molecule is [2H]C(CCCCCCCCCCC)O[C@H]1[C@H](O)[C@@H](CO[C@@H]2O[C@H](COC)[C@@H](OP(=O)(O)O)[C@H](OCC[C@@H](CCCCCCCCC)OC)[C@H]2NC(=O)CCCCCCCCC/C=C\CCCCCC)OC(OCC(=O)O)[C@@]1(O)C([2H])CCCCCCCCCCC. The number of ether oxygens (including phenoxy) is 8. The van der Waals surface area contributed by atoms with E-state index in [1.165, 1.54) is 97.0 Å². The fourth-order valence-electron chi connectivity index (χ4n) is 12.1. The Hall–Kier alpha value is -1.61. The maximum atomic E-state index is 14.2. The van der Waals surface area contributed by atoms with Crippen LogP contribution >= 0.6 is 7.82 Å². The van der Waals surface area contributed by atoms with E-state index in [1.54, 1.807) is 7.11 Å². The lowest BCUT2D eigenvalue weighted by molar-refractivity contribution is -0.356. The largest absolute Gasteiger partial charge is 0.480 e. The van der Waals surface area contributed by atoms with Gasteiger partial charge < -0.3 is 68.3 Å². The topological polar surface area (TPSA) is 247 Å². The van der Waals surface area contributed by atoms with Gasteiger partial charge >= 0.3 is 13.8 Å². The van der Waals surface area contributed by atoms with Crippen molar-refractivity contribution < 1.29 is 84.4 Å². The number of aliphatic hydroxyl groups is 2. The van der Waals surface area contributed by atoms with Crippen LogP contribution in [0.15, 0.2) is 12.2 Å².